The van der Waals surface area contributed by atoms with E-state index >= 15 is 0 Å². The Kier molecular flexibility index (Phi) is 8.49. The van der Waals surface area contributed by atoms with Gasteiger partial charge in [-0.05, 0) is 56.5 Å². The third-order valence-corrected chi connectivity index (χ3v) is 5.16. The first-order valence-corrected chi connectivity index (χ1v) is 11.2. The molecule has 1 aromatic heterocycles. The summed E-state index contributed by atoms with van der Waals surface area (Å²) in [6.45, 7) is 3.35. The number of carbonyl (C=O) groups is 1. The maximum Gasteiger partial charge on any atom is 0.412 e. The Bertz CT molecular complexity index is 1080. The number of nitrogens with zero attached hydrogens (tertiary/aromatic N) is 1. The van der Waals surface area contributed by atoms with E-state index in [1.54, 1.807) is 13.1 Å². The lowest BCUT2D eigenvalue weighted by Crippen LogP contribution is -2.26. The smallest absolute Gasteiger partial charge is 0.412 e. The Hall–Kier alpha value is -3.07. The molecule has 0 aliphatic heterocycles. The van der Waals surface area contributed by atoms with Crippen molar-refractivity contribution in [1.29, 1.82) is 0 Å². The number of pyridine rings is 1. The Morgan fingerprint density at radius 3 is 2.81 bits per heavy atom. The summed E-state index contributed by atoms with van der Waals surface area (Å²) < 4.78 is 25.3. The fourth-order valence-corrected chi connectivity index (χ4v) is 3.50. The molecule has 9 heteroatoms. The lowest BCUT2D eigenvalue weighted by molar-refractivity contribution is 0.197. The number of carbonyl (C=O) groups excluding carboxylic acids is 1. The van der Waals surface area contributed by atoms with Crippen LogP contribution in [0.1, 0.15) is 26.2 Å². The van der Waals surface area contributed by atoms with Crippen LogP contribution in [0.15, 0.2) is 47.1 Å². The predicted molar refractivity (Wildman–Crippen MR) is 128 cm³/mol. The van der Waals surface area contributed by atoms with Gasteiger partial charge in [-0.3, -0.25) is 4.98 Å². The van der Waals surface area contributed by atoms with Crippen LogP contribution in [-0.4, -0.2) is 30.8 Å². The number of ether oxygens (including phenoxy) is 2. The number of hydrogen-bond acceptors (Lipinski definition) is 6. The number of aromatic nitrogens is 1. The molecule has 0 unspecified atom stereocenters. The minimum absolute atomic E-state index is 0.0591. The molecule has 4 N–H and O–H groups in total. The molecular weight excluding hydrogens is 479 g/mol. The van der Waals surface area contributed by atoms with E-state index < -0.39 is 11.9 Å². The van der Waals surface area contributed by atoms with Gasteiger partial charge < -0.3 is 25.8 Å². The van der Waals surface area contributed by atoms with E-state index in [-0.39, 0.29) is 5.75 Å². The van der Waals surface area contributed by atoms with Gasteiger partial charge in [0.05, 0.1) is 29.7 Å². The fourth-order valence-electron chi connectivity index (χ4n) is 3.14. The molecule has 0 radical (unpaired) electrons. The molecule has 0 saturated carbocycles. The fraction of sp³-hybridized carbons (Fsp3) is 0.304. The van der Waals surface area contributed by atoms with Crippen LogP contribution in [0.4, 0.5) is 20.6 Å². The Balaban J connectivity index is 1.45. The molecule has 0 spiro atoms. The second-order valence-corrected chi connectivity index (χ2v) is 8.01. The molecule has 0 atom stereocenters. The molecule has 1 amide bonds. The number of hydrogen-bond donors (Lipinski definition) is 3. The third-order valence-electron chi connectivity index (χ3n) is 4.67. The van der Waals surface area contributed by atoms with Crippen LogP contribution in [-0.2, 0) is 0 Å². The Morgan fingerprint density at radius 1 is 1.16 bits per heavy atom. The number of benzene rings is 2. The molecule has 0 saturated heterocycles. The van der Waals surface area contributed by atoms with Crippen LogP contribution in [0.5, 0.6) is 11.5 Å². The summed E-state index contributed by atoms with van der Waals surface area (Å²) in [4.78, 5) is 16.0. The highest BCUT2D eigenvalue weighted by molar-refractivity contribution is 9.10. The van der Waals surface area contributed by atoms with Crippen LogP contribution in [0.25, 0.3) is 10.9 Å². The lowest BCUT2D eigenvalue weighted by Gasteiger charge is -2.13. The van der Waals surface area contributed by atoms with Crippen molar-refractivity contribution >= 4 is 44.3 Å². The highest BCUT2D eigenvalue weighted by Crippen LogP contribution is 2.30. The molecular formula is C23H26BrFN4O3. The quantitative estimate of drug-likeness (QED) is 0.316. The van der Waals surface area contributed by atoms with E-state index in [1.807, 2.05) is 18.2 Å². The van der Waals surface area contributed by atoms with Crippen LogP contribution >= 0.6 is 15.9 Å². The number of halogens is 2. The highest BCUT2D eigenvalue weighted by Gasteiger charge is 2.11. The number of amides is 1. The molecule has 3 rings (SSSR count). The maximum atomic E-state index is 13.5. The lowest BCUT2D eigenvalue weighted by atomic mass is 10.1. The number of unbranched alkanes of at least 4 members (excludes halogenated alkanes) is 2. The molecule has 32 heavy (non-hydrogen) atoms. The van der Waals surface area contributed by atoms with Gasteiger partial charge in [0.25, 0.3) is 0 Å². The number of anilines is 2. The Labute approximate surface area is 194 Å². The van der Waals surface area contributed by atoms with E-state index in [4.69, 9.17) is 15.2 Å². The zero-order valence-corrected chi connectivity index (χ0v) is 19.4. The molecule has 0 fully saturated rings. The van der Waals surface area contributed by atoms with Crippen molar-refractivity contribution in [3.63, 3.8) is 0 Å². The van der Waals surface area contributed by atoms with Crippen LogP contribution in [0.2, 0.25) is 0 Å². The van der Waals surface area contributed by atoms with Crippen molar-refractivity contribution < 1.29 is 18.7 Å². The van der Waals surface area contributed by atoms with E-state index in [1.165, 1.54) is 12.1 Å². The third kappa shape index (κ3) is 6.46. The SMILES string of the molecule is CCNC(=O)Oc1cc(F)ccc1OCCCCCNc1c(N)cnc2ccc(Br)cc12. The summed E-state index contributed by atoms with van der Waals surface area (Å²) in [6.07, 6.45) is 3.62. The molecule has 170 valence electrons. The van der Waals surface area contributed by atoms with Gasteiger partial charge in [-0.15, -0.1) is 0 Å². The van der Waals surface area contributed by atoms with E-state index in [2.05, 4.69) is 31.5 Å². The maximum absolute atomic E-state index is 13.5. The summed E-state index contributed by atoms with van der Waals surface area (Å²) in [5.41, 5.74) is 8.48. The summed E-state index contributed by atoms with van der Waals surface area (Å²) >= 11 is 3.49. The van der Waals surface area contributed by atoms with Crippen LogP contribution in [0, 0.1) is 5.82 Å². The number of nitrogens with two attached hydrogens (primary N) is 1. The van der Waals surface area contributed by atoms with Gasteiger partial charge in [0.1, 0.15) is 5.82 Å². The van der Waals surface area contributed by atoms with Crippen molar-refractivity contribution in [2.45, 2.75) is 26.2 Å². The molecule has 0 aliphatic carbocycles. The highest BCUT2D eigenvalue weighted by atomic mass is 79.9. The van der Waals surface area contributed by atoms with Crippen molar-refractivity contribution in [3.05, 3.63) is 52.9 Å². The Morgan fingerprint density at radius 2 is 2.00 bits per heavy atom. The normalized spacial score (nSPS) is 10.7. The monoisotopic (exact) mass is 504 g/mol. The average molecular weight is 505 g/mol. The standard InChI is InChI=1S/C23H26BrFN4O3/c1-2-27-23(30)32-21-13-16(25)7-9-20(21)31-11-5-3-4-10-28-22-17-12-15(24)6-8-19(17)29-14-18(22)26/h6-9,12-14H,2-5,10-11,26H2,1H3,(H,27,30)(H,28,29). The summed E-state index contributed by atoms with van der Waals surface area (Å²) in [5.74, 6) is -0.112. The topological polar surface area (TPSA) is 98.5 Å². The van der Waals surface area contributed by atoms with Crippen molar-refractivity contribution in [2.75, 3.05) is 30.7 Å². The zero-order chi connectivity index (χ0) is 22.9. The minimum atomic E-state index is -0.649. The van der Waals surface area contributed by atoms with Gasteiger partial charge in [-0.25, -0.2) is 9.18 Å². The first-order chi connectivity index (χ1) is 15.5. The van der Waals surface area contributed by atoms with Crippen molar-refractivity contribution in [2.24, 2.45) is 0 Å². The average Bonchev–Trinajstić information content (AvgIpc) is 2.75. The zero-order valence-electron chi connectivity index (χ0n) is 17.8. The van der Waals surface area contributed by atoms with Gasteiger partial charge in [0.15, 0.2) is 11.5 Å². The van der Waals surface area contributed by atoms with Crippen LogP contribution in [0.3, 0.4) is 0 Å². The van der Waals surface area contributed by atoms with Crippen molar-refractivity contribution in [1.82, 2.24) is 10.3 Å². The van der Waals surface area contributed by atoms with E-state index in [9.17, 15) is 9.18 Å². The van der Waals surface area contributed by atoms with Crippen LogP contribution < -0.4 is 25.8 Å². The van der Waals surface area contributed by atoms with E-state index in [0.717, 1.165) is 52.9 Å². The molecule has 7 nitrogen and oxygen atoms in total. The number of fused-ring (bicyclic) bond motifs is 1. The number of rotatable bonds is 10. The second-order valence-electron chi connectivity index (χ2n) is 7.10. The second kappa shape index (κ2) is 11.5. The molecule has 1 heterocycles. The number of nitrogen functional groups attached to an aromatic ring is 1. The van der Waals surface area contributed by atoms with Gasteiger partial charge in [-0.1, -0.05) is 15.9 Å². The summed E-state index contributed by atoms with van der Waals surface area (Å²) in [6, 6.07) is 9.75. The van der Waals surface area contributed by atoms with Gasteiger partial charge in [-0.2, -0.15) is 0 Å². The molecule has 2 aromatic carbocycles. The van der Waals surface area contributed by atoms with Gasteiger partial charge >= 0.3 is 6.09 Å². The predicted octanol–water partition coefficient (Wildman–Crippen LogP) is 5.49. The minimum Gasteiger partial charge on any atom is -0.490 e. The van der Waals surface area contributed by atoms with Crippen molar-refractivity contribution in [3.8, 4) is 11.5 Å². The summed E-state index contributed by atoms with van der Waals surface area (Å²) in [5, 5.41) is 6.88. The largest absolute Gasteiger partial charge is 0.490 e. The van der Waals surface area contributed by atoms with E-state index in [0.29, 0.717) is 24.6 Å². The van der Waals surface area contributed by atoms with Gasteiger partial charge in [0, 0.05) is 29.0 Å². The molecule has 0 aliphatic rings. The summed E-state index contributed by atoms with van der Waals surface area (Å²) in [7, 11) is 0. The molecule has 3 aromatic rings. The van der Waals surface area contributed by atoms with Gasteiger partial charge in [0.2, 0.25) is 0 Å². The first-order valence-electron chi connectivity index (χ1n) is 10.4. The molecule has 0 bridgehead atoms. The first kappa shape index (κ1) is 23.6. The number of nitrogens with one attached hydrogen (secondary N) is 2.